The van der Waals surface area contributed by atoms with E-state index in [9.17, 15) is 9.59 Å². The first-order valence-corrected chi connectivity index (χ1v) is 8.27. The number of nitrogens with one attached hydrogen (secondary N) is 1. The van der Waals surface area contributed by atoms with Gasteiger partial charge in [0.25, 0.3) is 0 Å². The number of ether oxygens (including phenoxy) is 1. The molecule has 24 heavy (non-hydrogen) atoms. The smallest absolute Gasteiger partial charge is 0.407 e. The summed E-state index contributed by atoms with van der Waals surface area (Å²) in [5, 5.41) is 12.1. The second kappa shape index (κ2) is 8.70. The number of benzene rings is 2. The van der Waals surface area contributed by atoms with Crippen molar-refractivity contribution in [2.75, 3.05) is 0 Å². The molecular formula is C17H15BrClNO4. The fourth-order valence-corrected chi connectivity index (χ4v) is 2.58. The first-order chi connectivity index (χ1) is 11.5. The Balaban J connectivity index is 2.03. The van der Waals surface area contributed by atoms with Gasteiger partial charge in [0.05, 0.1) is 17.5 Å². The van der Waals surface area contributed by atoms with Crippen molar-refractivity contribution in [3.8, 4) is 0 Å². The zero-order valence-electron chi connectivity index (χ0n) is 12.5. The maximum absolute atomic E-state index is 12.0. The second-order valence-electron chi connectivity index (χ2n) is 5.03. The molecule has 0 aliphatic carbocycles. The molecule has 2 aromatic rings. The van der Waals surface area contributed by atoms with Crippen LogP contribution in [0.4, 0.5) is 4.79 Å². The highest BCUT2D eigenvalue weighted by Gasteiger charge is 2.19. The lowest BCUT2D eigenvalue weighted by Gasteiger charge is -2.18. The SMILES string of the molecule is O=C(O)C[C@H](NC(=O)OCc1ccccc1)c1ccc(Cl)c(Br)c1. The number of halogens is 2. The van der Waals surface area contributed by atoms with E-state index in [1.165, 1.54) is 0 Å². The summed E-state index contributed by atoms with van der Waals surface area (Å²) in [5.74, 6) is -1.03. The van der Waals surface area contributed by atoms with Gasteiger partial charge in [-0.2, -0.15) is 0 Å². The van der Waals surface area contributed by atoms with Gasteiger partial charge in [0.1, 0.15) is 6.61 Å². The zero-order valence-corrected chi connectivity index (χ0v) is 14.9. The van der Waals surface area contributed by atoms with Gasteiger partial charge in [-0.05, 0) is 39.2 Å². The first-order valence-electron chi connectivity index (χ1n) is 7.09. The number of carboxylic acid groups (broad SMARTS) is 1. The Morgan fingerprint density at radius 3 is 2.54 bits per heavy atom. The molecular weight excluding hydrogens is 398 g/mol. The number of hydrogen-bond acceptors (Lipinski definition) is 3. The first kappa shape index (κ1) is 18.3. The highest BCUT2D eigenvalue weighted by atomic mass is 79.9. The topological polar surface area (TPSA) is 75.6 Å². The molecule has 0 unspecified atom stereocenters. The predicted octanol–water partition coefficient (Wildman–Crippen LogP) is 4.54. The largest absolute Gasteiger partial charge is 0.481 e. The molecule has 0 spiro atoms. The number of carboxylic acids is 1. The van der Waals surface area contributed by atoms with E-state index in [0.717, 1.165) is 5.56 Å². The Hall–Kier alpha value is -2.05. The number of amides is 1. The molecule has 0 saturated heterocycles. The lowest BCUT2D eigenvalue weighted by molar-refractivity contribution is -0.137. The molecule has 1 amide bonds. The summed E-state index contributed by atoms with van der Waals surface area (Å²) in [6, 6.07) is 13.5. The quantitative estimate of drug-likeness (QED) is 0.730. The monoisotopic (exact) mass is 411 g/mol. The fourth-order valence-electron chi connectivity index (χ4n) is 2.06. The van der Waals surface area contributed by atoms with Crippen molar-refractivity contribution >= 4 is 39.6 Å². The third-order valence-corrected chi connectivity index (χ3v) is 4.44. The lowest BCUT2D eigenvalue weighted by atomic mass is 10.0. The molecule has 2 rings (SSSR count). The van der Waals surface area contributed by atoms with E-state index in [4.69, 9.17) is 21.4 Å². The Kier molecular flexibility index (Phi) is 6.63. The van der Waals surface area contributed by atoms with E-state index in [-0.39, 0.29) is 13.0 Å². The van der Waals surface area contributed by atoms with Gasteiger partial charge in [-0.1, -0.05) is 48.0 Å². The van der Waals surface area contributed by atoms with Crippen LogP contribution in [0.15, 0.2) is 53.0 Å². The van der Waals surface area contributed by atoms with Gasteiger partial charge in [-0.3, -0.25) is 4.79 Å². The van der Waals surface area contributed by atoms with Gasteiger partial charge in [0, 0.05) is 4.47 Å². The number of aliphatic carboxylic acids is 1. The molecule has 0 fully saturated rings. The molecule has 126 valence electrons. The van der Waals surface area contributed by atoms with Crippen LogP contribution in [0.25, 0.3) is 0 Å². The molecule has 0 radical (unpaired) electrons. The van der Waals surface area contributed by atoms with Crippen molar-refractivity contribution in [3.05, 3.63) is 69.2 Å². The van der Waals surface area contributed by atoms with Crippen molar-refractivity contribution in [1.29, 1.82) is 0 Å². The summed E-state index contributed by atoms with van der Waals surface area (Å²) in [7, 11) is 0. The molecule has 5 nitrogen and oxygen atoms in total. The van der Waals surface area contributed by atoms with Gasteiger partial charge in [-0.25, -0.2) is 4.79 Å². The highest BCUT2D eigenvalue weighted by molar-refractivity contribution is 9.10. The van der Waals surface area contributed by atoms with E-state index in [0.29, 0.717) is 15.1 Å². The van der Waals surface area contributed by atoms with E-state index >= 15 is 0 Å². The average molecular weight is 413 g/mol. The Morgan fingerprint density at radius 2 is 1.92 bits per heavy atom. The van der Waals surface area contributed by atoms with Crippen LogP contribution in [-0.4, -0.2) is 17.2 Å². The minimum Gasteiger partial charge on any atom is -0.481 e. The number of alkyl carbamates (subject to hydrolysis) is 1. The molecule has 0 saturated carbocycles. The zero-order chi connectivity index (χ0) is 17.5. The van der Waals surface area contributed by atoms with Gasteiger partial charge in [0.2, 0.25) is 0 Å². The second-order valence-corrected chi connectivity index (χ2v) is 6.29. The summed E-state index contributed by atoms with van der Waals surface area (Å²) < 4.78 is 5.76. The highest BCUT2D eigenvalue weighted by Crippen LogP contribution is 2.27. The number of carbonyl (C=O) groups excluding carboxylic acids is 1. The summed E-state index contributed by atoms with van der Waals surface area (Å²) in [5.41, 5.74) is 1.46. The number of hydrogen-bond donors (Lipinski definition) is 2. The Labute approximate surface area is 152 Å². The normalized spacial score (nSPS) is 11.6. The molecule has 2 aromatic carbocycles. The summed E-state index contributed by atoms with van der Waals surface area (Å²) in [6.07, 6.45) is -0.953. The van der Waals surface area contributed by atoms with Crippen LogP contribution >= 0.6 is 27.5 Å². The maximum Gasteiger partial charge on any atom is 0.407 e. The lowest BCUT2D eigenvalue weighted by Crippen LogP contribution is -2.30. The molecule has 7 heteroatoms. The molecule has 0 aromatic heterocycles. The minimum atomic E-state index is -1.03. The van der Waals surface area contributed by atoms with Gasteiger partial charge >= 0.3 is 12.1 Å². The van der Waals surface area contributed by atoms with Crippen molar-refractivity contribution < 1.29 is 19.4 Å². The van der Waals surface area contributed by atoms with Gasteiger partial charge in [0.15, 0.2) is 0 Å². The summed E-state index contributed by atoms with van der Waals surface area (Å²) in [6.45, 7) is 0.108. The average Bonchev–Trinajstić information content (AvgIpc) is 2.55. The molecule has 0 bridgehead atoms. The van der Waals surface area contributed by atoms with E-state index in [1.807, 2.05) is 30.3 Å². The maximum atomic E-state index is 12.0. The Bertz CT molecular complexity index is 724. The van der Waals surface area contributed by atoms with Crippen molar-refractivity contribution in [2.45, 2.75) is 19.1 Å². The van der Waals surface area contributed by atoms with Gasteiger partial charge in [-0.15, -0.1) is 0 Å². The predicted molar refractivity (Wildman–Crippen MR) is 93.9 cm³/mol. The summed E-state index contributed by atoms with van der Waals surface area (Å²) in [4.78, 5) is 23.0. The molecule has 1 atom stereocenters. The fraction of sp³-hybridized carbons (Fsp3) is 0.176. The third kappa shape index (κ3) is 5.54. The van der Waals surface area contributed by atoms with Gasteiger partial charge < -0.3 is 15.2 Å². The van der Waals surface area contributed by atoms with E-state index < -0.39 is 18.1 Å². The molecule has 0 heterocycles. The molecule has 2 N–H and O–H groups in total. The van der Waals surface area contributed by atoms with Crippen LogP contribution in [0, 0.1) is 0 Å². The van der Waals surface area contributed by atoms with E-state index in [1.54, 1.807) is 18.2 Å². The van der Waals surface area contributed by atoms with Crippen LogP contribution in [-0.2, 0) is 16.1 Å². The van der Waals surface area contributed by atoms with Crippen molar-refractivity contribution in [3.63, 3.8) is 0 Å². The van der Waals surface area contributed by atoms with Crippen LogP contribution in [0.1, 0.15) is 23.6 Å². The minimum absolute atomic E-state index is 0.108. The van der Waals surface area contributed by atoms with Crippen LogP contribution in [0.2, 0.25) is 5.02 Å². The van der Waals surface area contributed by atoms with Crippen molar-refractivity contribution in [2.24, 2.45) is 0 Å². The number of carbonyl (C=O) groups is 2. The van der Waals surface area contributed by atoms with Crippen LogP contribution in [0.3, 0.4) is 0 Å². The number of rotatable bonds is 6. The third-order valence-electron chi connectivity index (χ3n) is 3.23. The van der Waals surface area contributed by atoms with Crippen molar-refractivity contribution in [1.82, 2.24) is 5.32 Å². The molecule has 0 aliphatic rings. The Morgan fingerprint density at radius 1 is 1.21 bits per heavy atom. The molecule has 0 aliphatic heterocycles. The summed E-state index contributed by atoms with van der Waals surface area (Å²) >= 11 is 9.22. The van der Waals surface area contributed by atoms with E-state index in [2.05, 4.69) is 21.2 Å². The van der Waals surface area contributed by atoms with Crippen LogP contribution in [0.5, 0.6) is 0 Å². The standard InChI is InChI=1S/C17H15BrClNO4/c18-13-8-12(6-7-14(13)19)15(9-16(21)22)20-17(23)24-10-11-4-2-1-3-5-11/h1-8,15H,9-10H2,(H,20,23)(H,21,22)/t15-/m0/s1. The van der Waals surface area contributed by atoms with Crippen LogP contribution < -0.4 is 5.32 Å².